The Labute approximate surface area is 403 Å². The van der Waals surface area contributed by atoms with Gasteiger partial charge in [-0.15, -0.1) is 0 Å². The van der Waals surface area contributed by atoms with Crippen LogP contribution in [0.25, 0.3) is 0 Å². The van der Waals surface area contributed by atoms with E-state index in [9.17, 15) is 45.3 Å². The van der Waals surface area contributed by atoms with Gasteiger partial charge in [0.2, 0.25) is 0 Å². The number of ether oxygens (including phenoxy) is 11. The Balaban J connectivity index is 0.765. The molecular formula is C49H76O20. The lowest BCUT2D eigenvalue weighted by molar-refractivity contribution is -0.357. The highest BCUT2D eigenvalue weighted by Crippen LogP contribution is 2.70. The summed E-state index contributed by atoms with van der Waals surface area (Å²) in [6.07, 6.45) is -7.99. The second-order valence-electron chi connectivity index (χ2n) is 21.9. The minimum absolute atomic E-state index is 0.0217. The molecule has 20 heteroatoms. The van der Waals surface area contributed by atoms with Gasteiger partial charge in [0.15, 0.2) is 25.2 Å². The zero-order valence-corrected chi connectivity index (χ0v) is 40.6. The number of hydrogen-bond donors (Lipinski definition) is 7. The van der Waals surface area contributed by atoms with E-state index >= 15 is 0 Å². The molecule has 0 spiro atoms. The molecule has 4 aliphatic carbocycles. The Bertz CT molecular complexity index is 1840. The van der Waals surface area contributed by atoms with E-state index in [1.807, 2.05) is 6.92 Å². The molecule has 20 nitrogen and oxygen atoms in total. The molecule has 3 unspecified atom stereocenters. The summed E-state index contributed by atoms with van der Waals surface area (Å²) < 4.78 is 66.7. The van der Waals surface area contributed by atoms with Crippen LogP contribution < -0.4 is 0 Å². The van der Waals surface area contributed by atoms with E-state index in [1.54, 1.807) is 27.2 Å². The number of aliphatic hydroxyl groups excluding tert-OH is 5. The summed E-state index contributed by atoms with van der Waals surface area (Å²) in [6, 6.07) is 0. The molecule has 7 N–H and O–H groups in total. The number of aldehydes is 1. The van der Waals surface area contributed by atoms with Gasteiger partial charge in [-0.05, 0) is 95.5 Å². The minimum Gasteiger partial charge on any atom is -0.434 e. The first-order valence-corrected chi connectivity index (χ1v) is 25.2. The Morgan fingerprint density at radius 1 is 0.710 bits per heavy atom. The molecule has 25 atom stereocenters. The average molecular weight is 985 g/mol. The van der Waals surface area contributed by atoms with Crippen LogP contribution in [0.2, 0.25) is 0 Å². The fraction of sp³-hybridized carbons (Fsp3) is 0.918. The Morgan fingerprint density at radius 2 is 1.32 bits per heavy atom. The van der Waals surface area contributed by atoms with Gasteiger partial charge in [0.25, 0.3) is 0 Å². The number of carbonyl (C=O) groups is 2. The molecule has 0 bridgehead atoms. The van der Waals surface area contributed by atoms with Crippen LogP contribution in [0.3, 0.4) is 0 Å². The second-order valence-corrected chi connectivity index (χ2v) is 21.9. The standard InChI is InChI=1S/C49H76O20/c1-23-42(67-37-17-32(59-5)43(24(2)63-37)68-38-18-33(60-6)44(25(3)64-38)69-45-41(56)40(55)39(54)34(20-50)66-45)31(52)16-36(62-23)65-27-7-12-47(22-51)29-8-11-46(4)28(26-15-35(53)61-21-26)10-14-49(46,58)30(29)9-13-48(47,57)19-27/h21-25,27-34,36-45,50,52,54-58H,7-20H2,1-6H3/t23-,24-,25-,27+,28-,29+,30-,31+,32+,33-,34-,36?,37?,38?,39-,40+,41-,42-,43-,44+,45+,46-,47+,48+,49+/m1/s1. The molecule has 69 heavy (non-hydrogen) atoms. The summed E-state index contributed by atoms with van der Waals surface area (Å²) in [5.41, 5.74) is -2.94. The van der Waals surface area contributed by atoms with Crippen molar-refractivity contribution in [3.8, 4) is 0 Å². The highest BCUT2D eigenvalue weighted by atomic mass is 16.8. The molecule has 0 aromatic heterocycles. The predicted molar refractivity (Wildman–Crippen MR) is 235 cm³/mol. The van der Waals surface area contributed by atoms with Gasteiger partial charge in [-0.2, -0.15) is 0 Å². The van der Waals surface area contributed by atoms with Crippen LogP contribution in [0.5, 0.6) is 0 Å². The molecule has 0 aromatic rings. The number of fused-ring (bicyclic) bond motifs is 5. The molecule has 4 saturated heterocycles. The van der Waals surface area contributed by atoms with Gasteiger partial charge < -0.3 is 92.6 Å². The van der Waals surface area contributed by atoms with Crippen molar-refractivity contribution < 1.29 is 97.4 Å². The minimum atomic E-state index is -1.60. The maximum atomic E-state index is 13.4. The number of hydrogen-bond acceptors (Lipinski definition) is 20. The maximum Gasteiger partial charge on any atom is 0.314 e. The van der Waals surface area contributed by atoms with E-state index in [4.69, 9.17) is 52.1 Å². The van der Waals surface area contributed by atoms with Gasteiger partial charge in [-0.1, -0.05) is 6.92 Å². The molecular weight excluding hydrogens is 909 g/mol. The van der Waals surface area contributed by atoms with Crippen LogP contribution in [0, 0.1) is 28.6 Å². The topological polar surface area (TPSA) is 277 Å². The van der Waals surface area contributed by atoms with E-state index in [-0.39, 0.29) is 55.8 Å². The van der Waals surface area contributed by atoms with Crippen molar-refractivity contribution in [2.45, 2.75) is 233 Å². The third-order valence-electron chi connectivity index (χ3n) is 18.4. The third kappa shape index (κ3) is 9.10. The summed E-state index contributed by atoms with van der Waals surface area (Å²) in [5, 5.41) is 77.3. The number of methoxy groups -OCH3 is 2. The van der Waals surface area contributed by atoms with Crippen LogP contribution in [-0.2, 0) is 61.7 Å². The fourth-order valence-corrected chi connectivity index (χ4v) is 14.7. The molecule has 0 aromatic carbocycles. The maximum absolute atomic E-state index is 13.4. The predicted octanol–water partition coefficient (Wildman–Crippen LogP) is 1.02. The monoisotopic (exact) mass is 984 g/mol. The van der Waals surface area contributed by atoms with Crippen molar-refractivity contribution >= 4 is 12.3 Å². The molecule has 0 amide bonds. The van der Waals surface area contributed by atoms with Crippen molar-refractivity contribution in [2.75, 3.05) is 20.8 Å². The van der Waals surface area contributed by atoms with Crippen molar-refractivity contribution in [2.24, 2.45) is 28.6 Å². The van der Waals surface area contributed by atoms with E-state index in [0.717, 1.165) is 18.3 Å². The Kier molecular flexibility index (Phi) is 15.2. The summed E-state index contributed by atoms with van der Waals surface area (Å²) in [5.74, 6) is -0.617. The highest BCUT2D eigenvalue weighted by Gasteiger charge is 2.72. The SMILES string of the molecule is CO[C@H]1CC(O[C@H]2[C@@H](O)CC(O[C@H]3CC[C@]4(C=O)[C@H]5CC[C@]6(C)[C@@H](C7=COC(=O)C7)CC[C@]6(O)[C@@H]5CC[C@]4(O)C3)O[C@@H]2C)O[C@H](C)[C@H]1OC1C[C@@H](OC)[C@@H](O[C@@H]2O[C@H](CO)[C@@H](O)[C@H](O)[C@H]2O)[C@@H](C)O1. The lowest BCUT2D eigenvalue weighted by Gasteiger charge is -2.65. The normalized spacial score (nSPS) is 53.4. The van der Waals surface area contributed by atoms with E-state index < -0.39 is 139 Å². The number of cyclic esters (lactones) is 1. The van der Waals surface area contributed by atoms with Crippen molar-refractivity contribution in [1.82, 2.24) is 0 Å². The van der Waals surface area contributed by atoms with Crippen LogP contribution >= 0.6 is 0 Å². The lowest BCUT2D eigenvalue weighted by Crippen LogP contribution is -2.69. The third-order valence-corrected chi connectivity index (χ3v) is 18.4. The smallest absolute Gasteiger partial charge is 0.314 e. The van der Waals surface area contributed by atoms with Gasteiger partial charge in [0, 0.05) is 45.3 Å². The molecule has 9 rings (SSSR count). The number of aliphatic hydroxyl groups is 7. The lowest BCUT2D eigenvalue weighted by atomic mass is 9.41. The van der Waals surface area contributed by atoms with Gasteiger partial charge in [0.05, 0.1) is 78.6 Å². The number of carbonyl (C=O) groups excluding carboxylic acids is 2. The van der Waals surface area contributed by atoms with E-state index in [2.05, 4.69) is 6.92 Å². The zero-order chi connectivity index (χ0) is 49.4. The molecule has 0 radical (unpaired) electrons. The van der Waals surface area contributed by atoms with Gasteiger partial charge in [0.1, 0.15) is 49.0 Å². The zero-order valence-electron chi connectivity index (χ0n) is 40.6. The number of rotatable bonds is 13. The second kappa shape index (κ2) is 20.1. The Hall–Kier alpha value is -1.80. The molecule has 392 valence electrons. The summed E-state index contributed by atoms with van der Waals surface area (Å²) in [4.78, 5) is 25.4. The molecule has 5 heterocycles. The van der Waals surface area contributed by atoms with Gasteiger partial charge >= 0.3 is 5.97 Å². The first-order chi connectivity index (χ1) is 32.8. The molecule has 8 fully saturated rings. The van der Waals surface area contributed by atoms with Crippen molar-refractivity contribution in [3.63, 3.8) is 0 Å². The first-order valence-electron chi connectivity index (χ1n) is 25.2. The summed E-state index contributed by atoms with van der Waals surface area (Å²) in [6.45, 7) is 6.90. The summed E-state index contributed by atoms with van der Waals surface area (Å²) >= 11 is 0. The van der Waals surface area contributed by atoms with Gasteiger partial charge in [-0.3, -0.25) is 4.79 Å². The van der Waals surface area contributed by atoms with Crippen LogP contribution in [0.1, 0.15) is 111 Å². The van der Waals surface area contributed by atoms with Crippen molar-refractivity contribution in [1.29, 1.82) is 0 Å². The van der Waals surface area contributed by atoms with E-state index in [0.29, 0.717) is 44.9 Å². The van der Waals surface area contributed by atoms with E-state index in [1.165, 1.54) is 7.11 Å². The quantitative estimate of drug-likeness (QED) is 0.0771. The van der Waals surface area contributed by atoms with Crippen LogP contribution in [0.4, 0.5) is 0 Å². The average Bonchev–Trinajstić information content (AvgIpc) is 3.87. The van der Waals surface area contributed by atoms with Gasteiger partial charge in [-0.25, -0.2) is 0 Å². The van der Waals surface area contributed by atoms with Crippen molar-refractivity contribution in [3.05, 3.63) is 11.8 Å². The first kappa shape index (κ1) is 52.1. The molecule has 4 saturated carbocycles. The molecule has 9 aliphatic rings. The van der Waals surface area contributed by atoms with Crippen LogP contribution in [-0.4, -0.2) is 191 Å². The molecule has 5 aliphatic heterocycles. The summed E-state index contributed by atoms with van der Waals surface area (Å²) in [7, 11) is 3.06. The number of esters is 1. The van der Waals surface area contributed by atoms with Crippen LogP contribution in [0.15, 0.2) is 11.8 Å². The fourth-order valence-electron chi connectivity index (χ4n) is 14.7. The highest BCUT2D eigenvalue weighted by molar-refractivity contribution is 5.76. The Morgan fingerprint density at radius 3 is 1.91 bits per heavy atom. The largest absolute Gasteiger partial charge is 0.434 e.